The van der Waals surface area contributed by atoms with Gasteiger partial charge in [-0.25, -0.2) is 0 Å². The van der Waals surface area contributed by atoms with Crippen LogP contribution in [-0.4, -0.2) is 4.98 Å². The fourth-order valence-electron chi connectivity index (χ4n) is 3.57. The van der Waals surface area contributed by atoms with Gasteiger partial charge in [0.25, 0.3) is 0 Å². The zero-order valence-corrected chi connectivity index (χ0v) is 14.4. The van der Waals surface area contributed by atoms with E-state index >= 15 is 0 Å². The van der Waals surface area contributed by atoms with Crippen LogP contribution in [0.4, 0.5) is 13.2 Å². The van der Waals surface area contributed by atoms with Crippen LogP contribution in [0, 0.1) is 13.8 Å². The van der Waals surface area contributed by atoms with Gasteiger partial charge in [0.05, 0.1) is 11.3 Å². The van der Waals surface area contributed by atoms with E-state index in [-0.39, 0.29) is 5.39 Å². The lowest BCUT2D eigenvalue weighted by Crippen LogP contribution is -2.07. The second kappa shape index (κ2) is 5.84. The number of hydrogen-bond acceptors (Lipinski definition) is 1. The largest absolute Gasteiger partial charge is 0.418 e. The maximum Gasteiger partial charge on any atom is 0.418 e. The Bertz CT molecular complexity index is 1120. The first kappa shape index (κ1) is 16.6. The monoisotopic (exact) mass is 351 g/mol. The summed E-state index contributed by atoms with van der Waals surface area (Å²) in [6.45, 7) is 3.95. The molecule has 1 aromatic heterocycles. The number of aryl methyl sites for hydroxylation is 2. The average Bonchev–Trinajstić information content (AvgIpc) is 2.58. The number of pyridine rings is 1. The summed E-state index contributed by atoms with van der Waals surface area (Å²) in [5.74, 6) is 0. The quantitative estimate of drug-likeness (QED) is 0.348. The van der Waals surface area contributed by atoms with Gasteiger partial charge in [0.2, 0.25) is 0 Å². The second-order valence-corrected chi connectivity index (χ2v) is 6.60. The molecule has 4 rings (SSSR count). The minimum atomic E-state index is -4.45. The zero-order valence-electron chi connectivity index (χ0n) is 14.4. The molecule has 3 aromatic carbocycles. The fourth-order valence-corrected chi connectivity index (χ4v) is 3.57. The van der Waals surface area contributed by atoms with E-state index in [2.05, 4.69) is 4.98 Å². The molecule has 0 amide bonds. The standard InChI is InChI=1S/C22H16F3N/c1-13-9-14(2)11-16(10-13)21-20-17-6-4-3-5-15(17)7-8-18(20)19(12-26-21)22(23,24)25/h3-12H,1-2H3. The van der Waals surface area contributed by atoms with E-state index in [0.717, 1.165) is 33.7 Å². The van der Waals surface area contributed by atoms with Gasteiger partial charge in [-0.3, -0.25) is 4.98 Å². The van der Waals surface area contributed by atoms with Crippen molar-refractivity contribution >= 4 is 21.5 Å². The molecule has 0 radical (unpaired) electrons. The molecule has 0 spiro atoms. The Morgan fingerprint density at radius 2 is 1.50 bits per heavy atom. The Balaban J connectivity index is 2.19. The molecule has 0 aliphatic rings. The Kier molecular flexibility index (Phi) is 3.72. The third-order valence-electron chi connectivity index (χ3n) is 4.58. The molecule has 0 saturated carbocycles. The Hall–Kier alpha value is -2.88. The van der Waals surface area contributed by atoms with Crippen LogP contribution in [0.3, 0.4) is 0 Å². The Morgan fingerprint density at radius 1 is 0.808 bits per heavy atom. The van der Waals surface area contributed by atoms with E-state index in [4.69, 9.17) is 0 Å². The van der Waals surface area contributed by atoms with Gasteiger partial charge in [0, 0.05) is 17.1 Å². The maximum atomic E-state index is 13.5. The smallest absolute Gasteiger partial charge is 0.255 e. The predicted molar refractivity (Wildman–Crippen MR) is 99.2 cm³/mol. The molecule has 1 nitrogen and oxygen atoms in total. The highest BCUT2D eigenvalue weighted by Crippen LogP contribution is 2.40. The molecule has 1 heterocycles. The van der Waals surface area contributed by atoms with E-state index in [1.54, 1.807) is 12.1 Å². The topological polar surface area (TPSA) is 12.9 Å². The molecule has 0 saturated heterocycles. The average molecular weight is 351 g/mol. The van der Waals surface area contributed by atoms with E-state index in [0.29, 0.717) is 11.1 Å². The number of benzene rings is 3. The van der Waals surface area contributed by atoms with Crippen molar-refractivity contribution in [2.75, 3.05) is 0 Å². The summed E-state index contributed by atoms with van der Waals surface area (Å²) in [5, 5.41) is 2.40. The van der Waals surface area contributed by atoms with Crippen LogP contribution in [-0.2, 0) is 6.18 Å². The van der Waals surface area contributed by atoms with Crippen molar-refractivity contribution in [1.82, 2.24) is 4.98 Å². The number of halogens is 3. The van der Waals surface area contributed by atoms with Crippen LogP contribution in [0.2, 0.25) is 0 Å². The summed E-state index contributed by atoms with van der Waals surface area (Å²) >= 11 is 0. The molecule has 130 valence electrons. The molecule has 26 heavy (non-hydrogen) atoms. The molecule has 0 bridgehead atoms. The first-order valence-corrected chi connectivity index (χ1v) is 8.31. The summed E-state index contributed by atoms with van der Waals surface area (Å²) in [6, 6.07) is 16.7. The maximum absolute atomic E-state index is 13.5. The molecule has 0 unspecified atom stereocenters. The Morgan fingerprint density at radius 3 is 2.19 bits per heavy atom. The highest BCUT2D eigenvalue weighted by molar-refractivity contribution is 6.14. The first-order valence-electron chi connectivity index (χ1n) is 8.31. The van der Waals surface area contributed by atoms with Crippen molar-refractivity contribution in [2.45, 2.75) is 20.0 Å². The van der Waals surface area contributed by atoms with Crippen LogP contribution in [0.1, 0.15) is 16.7 Å². The second-order valence-electron chi connectivity index (χ2n) is 6.60. The fraction of sp³-hybridized carbons (Fsp3) is 0.136. The number of aromatic nitrogens is 1. The molecule has 0 fully saturated rings. The van der Waals surface area contributed by atoms with Crippen LogP contribution in [0.5, 0.6) is 0 Å². The number of alkyl halides is 3. The lowest BCUT2D eigenvalue weighted by Gasteiger charge is -2.15. The molecule has 0 atom stereocenters. The molecule has 0 aliphatic heterocycles. The van der Waals surface area contributed by atoms with Crippen molar-refractivity contribution in [3.8, 4) is 11.3 Å². The summed E-state index contributed by atoms with van der Waals surface area (Å²) in [7, 11) is 0. The van der Waals surface area contributed by atoms with E-state index in [9.17, 15) is 13.2 Å². The van der Waals surface area contributed by atoms with Crippen molar-refractivity contribution in [2.24, 2.45) is 0 Å². The van der Waals surface area contributed by atoms with E-state index in [1.165, 1.54) is 0 Å². The predicted octanol–water partition coefficient (Wildman–Crippen LogP) is 6.69. The van der Waals surface area contributed by atoms with Crippen molar-refractivity contribution < 1.29 is 13.2 Å². The lowest BCUT2D eigenvalue weighted by molar-refractivity contribution is -0.136. The number of hydrogen-bond donors (Lipinski definition) is 0. The van der Waals surface area contributed by atoms with Crippen LogP contribution >= 0.6 is 0 Å². The van der Waals surface area contributed by atoms with Gasteiger partial charge < -0.3 is 0 Å². The summed E-state index contributed by atoms with van der Waals surface area (Å²) in [4.78, 5) is 4.26. The van der Waals surface area contributed by atoms with Gasteiger partial charge >= 0.3 is 6.18 Å². The number of nitrogens with zero attached hydrogens (tertiary/aromatic N) is 1. The number of fused-ring (bicyclic) bond motifs is 3. The van der Waals surface area contributed by atoms with Gasteiger partial charge in [-0.2, -0.15) is 13.2 Å². The summed E-state index contributed by atoms with van der Waals surface area (Å²) in [5.41, 5.74) is 2.81. The summed E-state index contributed by atoms with van der Waals surface area (Å²) in [6.07, 6.45) is -3.50. The van der Waals surface area contributed by atoms with Crippen LogP contribution in [0.15, 0.2) is 60.8 Å². The van der Waals surface area contributed by atoms with Crippen LogP contribution < -0.4 is 0 Å². The highest BCUT2D eigenvalue weighted by atomic mass is 19.4. The third kappa shape index (κ3) is 2.71. The zero-order chi connectivity index (χ0) is 18.5. The van der Waals surface area contributed by atoms with E-state index < -0.39 is 11.7 Å². The van der Waals surface area contributed by atoms with Gasteiger partial charge in [-0.05, 0) is 42.1 Å². The molecular weight excluding hydrogens is 335 g/mol. The normalized spacial score (nSPS) is 12.0. The SMILES string of the molecule is Cc1cc(C)cc(-c2ncc(C(F)(F)F)c3ccc4ccccc4c23)c1. The molecule has 0 N–H and O–H groups in total. The van der Waals surface area contributed by atoms with Gasteiger partial charge in [0.15, 0.2) is 0 Å². The van der Waals surface area contributed by atoms with Gasteiger partial charge in [-0.15, -0.1) is 0 Å². The number of rotatable bonds is 1. The van der Waals surface area contributed by atoms with E-state index in [1.807, 2.05) is 56.3 Å². The van der Waals surface area contributed by atoms with Gasteiger partial charge in [0.1, 0.15) is 0 Å². The van der Waals surface area contributed by atoms with Crippen LogP contribution in [0.25, 0.3) is 32.8 Å². The molecule has 4 heteroatoms. The van der Waals surface area contributed by atoms with Gasteiger partial charge in [-0.1, -0.05) is 53.6 Å². The van der Waals surface area contributed by atoms with Crippen molar-refractivity contribution in [3.63, 3.8) is 0 Å². The lowest BCUT2D eigenvalue weighted by atomic mass is 9.94. The molecular formula is C22H16F3N. The minimum absolute atomic E-state index is 0.181. The molecule has 4 aromatic rings. The van der Waals surface area contributed by atoms with Crippen molar-refractivity contribution in [1.29, 1.82) is 0 Å². The van der Waals surface area contributed by atoms with Crippen molar-refractivity contribution in [3.05, 3.63) is 77.5 Å². The Labute approximate surface area is 149 Å². The first-order chi connectivity index (χ1) is 12.3. The summed E-state index contributed by atoms with van der Waals surface area (Å²) < 4.78 is 40.6. The molecule has 0 aliphatic carbocycles. The third-order valence-corrected chi connectivity index (χ3v) is 4.58. The highest BCUT2D eigenvalue weighted by Gasteiger charge is 2.34. The minimum Gasteiger partial charge on any atom is -0.255 e.